The Morgan fingerprint density at radius 3 is 3.00 bits per heavy atom. The molecule has 78 valence electrons. The number of nitrogens with one attached hydrogen (secondary N) is 1. The molecule has 0 fully saturated rings. The van der Waals surface area contributed by atoms with Crippen LogP contribution < -0.4 is 5.32 Å². The average Bonchev–Trinajstić information content (AvgIpc) is 2.73. The fraction of sp³-hybridized carbons (Fsp3) is 0.0833. The van der Waals surface area contributed by atoms with Gasteiger partial charge in [0.25, 0.3) is 5.91 Å². The zero-order valence-corrected chi connectivity index (χ0v) is 8.47. The van der Waals surface area contributed by atoms with Gasteiger partial charge in [-0.2, -0.15) is 0 Å². The van der Waals surface area contributed by atoms with Crippen molar-refractivity contribution >= 4 is 5.91 Å². The van der Waals surface area contributed by atoms with E-state index in [1.165, 1.54) is 0 Å². The van der Waals surface area contributed by atoms with Crippen LogP contribution in [0, 0.1) is 0 Å². The smallest absolute Gasteiger partial charge is 0.270 e. The summed E-state index contributed by atoms with van der Waals surface area (Å²) in [5.41, 5.74) is 3.52. The molecule has 0 radical (unpaired) electrons. The van der Waals surface area contributed by atoms with Gasteiger partial charge in [-0.05, 0) is 17.7 Å². The number of fused-ring (bicyclic) bond motifs is 1. The molecule has 0 spiro atoms. The van der Waals surface area contributed by atoms with Gasteiger partial charge >= 0.3 is 0 Å². The zero-order valence-electron chi connectivity index (χ0n) is 8.47. The maximum Gasteiger partial charge on any atom is 0.270 e. The third-order valence-corrected chi connectivity index (χ3v) is 2.67. The Balaban J connectivity index is 2.20. The van der Waals surface area contributed by atoms with Gasteiger partial charge in [0.05, 0.1) is 0 Å². The first-order valence-electron chi connectivity index (χ1n) is 5.03. The molecule has 1 N–H and O–H groups in total. The largest absolute Gasteiger partial charge is 0.347 e. The Labute approximate surface area is 92.4 Å². The Morgan fingerprint density at radius 2 is 2.19 bits per heavy atom. The number of carbonyl (C=O) groups excluding carboxylic acids is 1. The van der Waals surface area contributed by atoms with E-state index in [2.05, 4.69) is 15.3 Å². The molecule has 4 nitrogen and oxygen atoms in total. The maximum atomic E-state index is 11.5. The number of amides is 1. The topological polar surface area (TPSA) is 54.9 Å². The van der Waals surface area contributed by atoms with Gasteiger partial charge in [-0.25, -0.2) is 0 Å². The second kappa shape index (κ2) is 3.41. The highest BCUT2D eigenvalue weighted by Gasteiger charge is 2.23. The van der Waals surface area contributed by atoms with Crippen LogP contribution in [0.5, 0.6) is 0 Å². The molecule has 0 unspecified atom stereocenters. The van der Waals surface area contributed by atoms with Crippen molar-refractivity contribution in [3.63, 3.8) is 0 Å². The van der Waals surface area contributed by atoms with Crippen LogP contribution in [0.25, 0.3) is 11.1 Å². The fourth-order valence-corrected chi connectivity index (χ4v) is 1.91. The Hall–Kier alpha value is -2.23. The molecule has 0 saturated carbocycles. The van der Waals surface area contributed by atoms with E-state index >= 15 is 0 Å². The first kappa shape index (κ1) is 9.03. The summed E-state index contributed by atoms with van der Waals surface area (Å²) in [6.45, 7) is 0.548. The molecule has 1 amide bonds. The Morgan fingerprint density at radius 1 is 1.25 bits per heavy atom. The summed E-state index contributed by atoms with van der Waals surface area (Å²) in [6, 6.07) is 5.77. The summed E-state index contributed by atoms with van der Waals surface area (Å²) in [6.07, 6.45) is 5.18. The monoisotopic (exact) mass is 211 g/mol. The van der Waals surface area contributed by atoms with Crippen molar-refractivity contribution in [2.24, 2.45) is 0 Å². The predicted octanol–water partition coefficient (Wildman–Crippen LogP) is 1.39. The Bertz CT molecular complexity index is 551. The van der Waals surface area contributed by atoms with Gasteiger partial charge in [0, 0.05) is 36.3 Å². The van der Waals surface area contributed by atoms with Crippen LogP contribution in [0.3, 0.4) is 0 Å². The number of pyridine rings is 2. The van der Waals surface area contributed by atoms with Crippen LogP contribution in [-0.2, 0) is 6.54 Å². The number of nitrogens with zero attached hydrogens (tertiary/aromatic N) is 2. The molecule has 3 rings (SSSR count). The molecule has 16 heavy (non-hydrogen) atoms. The summed E-state index contributed by atoms with van der Waals surface area (Å²) in [5.74, 6) is -0.0965. The highest BCUT2D eigenvalue weighted by atomic mass is 16.2. The predicted molar refractivity (Wildman–Crippen MR) is 58.6 cm³/mol. The minimum absolute atomic E-state index is 0.0965. The highest BCUT2D eigenvalue weighted by molar-refractivity contribution is 5.98. The molecule has 2 aromatic rings. The SMILES string of the molecule is O=C1NCc2c(-c3cccnc3)ccnc21. The third kappa shape index (κ3) is 1.27. The van der Waals surface area contributed by atoms with Gasteiger partial charge in [0.2, 0.25) is 0 Å². The minimum atomic E-state index is -0.0965. The van der Waals surface area contributed by atoms with Crippen LogP contribution in [0.1, 0.15) is 16.1 Å². The first-order chi connectivity index (χ1) is 7.86. The van der Waals surface area contributed by atoms with E-state index in [-0.39, 0.29) is 5.91 Å². The summed E-state index contributed by atoms with van der Waals surface area (Å²) in [7, 11) is 0. The van der Waals surface area contributed by atoms with Crippen molar-refractivity contribution in [2.45, 2.75) is 6.54 Å². The van der Waals surface area contributed by atoms with Crippen molar-refractivity contribution in [3.05, 3.63) is 48.0 Å². The zero-order chi connectivity index (χ0) is 11.0. The van der Waals surface area contributed by atoms with Crippen LogP contribution in [0.2, 0.25) is 0 Å². The normalized spacial score (nSPS) is 13.4. The van der Waals surface area contributed by atoms with Gasteiger partial charge in [-0.15, -0.1) is 0 Å². The minimum Gasteiger partial charge on any atom is -0.347 e. The number of carbonyl (C=O) groups is 1. The molecule has 0 atom stereocenters. The number of hydrogen-bond donors (Lipinski definition) is 1. The third-order valence-electron chi connectivity index (χ3n) is 2.67. The quantitative estimate of drug-likeness (QED) is 0.775. The average molecular weight is 211 g/mol. The lowest BCUT2D eigenvalue weighted by atomic mass is 10.0. The summed E-state index contributed by atoms with van der Waals surface area (Å²) in [4.78, 5) is 19.6. The summed E-state index contributed by atoms with van der Waals surface area (Å²) in [5, 5.41) is 2.77. The van der Waals surface area contributed by atoms with Crippen molar-refractivity contribution < 1.29 is 4.79 Å². The van der Waals surface area contributed by atoms with Crippen molar-refractivity contribution in [3.8, 4) is 11.1 Å². The molecule has 2 aromatic heterocycles. The van der Waals surface area contributed by atoms with E-state index in [1.54, 1.807) is 18.6 Å². The van der Waals surface area contributed by atoms with E-state index in [1.807, 2.05) is 18.2 Å². The van der Waals surface area contributed by atoms with E-state index in [0.29, 0.717) is 12.2 Å². The number of aromatic nitrogens is 2. The maximum absolute atomic E-state index is 11.5. The molecule has 3 heterocycles. The van der Waals surface area contributed by atoms with E-state index < -0.39 is 0 Å². The lowest BCUT2D eigenvalue weighted by molar-refractivity contribution is 0.0961. The van der Waals surface area contributed by atoms with Gasteiger partial charge < -0.3 is 5.32 Å². The fourth-order valence-electron chi connectivity index (χ4n) is 1.91. The van der Waals surface area contributed by atoms with Crippen LogP contribution in [0.15, 0.2) is 36.8 Å². The van der Waals surface area contributed by atoms with Gasteiger partial charge in [-0.3, -0.25) is 14.8 Å². The van der Waals surface area contributed by atoms with E-state index in [0.717, 1.165) is 16.7 Å². The van der Waals surface area contributed by atoms with Gasteiger partial charge in [0.15, 0.2) is 0 Å². The molecule has 0 saturated heterocycles. The standard InChI is InChI=1S/C12H9N3O/c16-12-11-10(7-15-12)9(3-5-14-11)8-2-1-4-13-6-8/h1-6H,7H2,(H,15,16). The summed E-state index contributed by atoms with van der Waals surface area (Å²) >= 11 is 0. The summed E-state index contributed by atoms with van der Waals surface area (Å²) < 4.78 is 0. The van der Waals surface area contributed by atoms with Crippen molar-refractivity contribution in [1.29, 1.82) is 0 Å². The van der Waals surface area contributed by atoms with Crippen molar-refractivity contribution in [2.75, 3.05) is 0 Å². The lowest BCUT2D eigenvalue weighted by Crippen LogP contribution is -2.13. The molecule has 4 heteroatoms. The second-order valence-electron chi connectivity index (χ2n) is 3.61. The molecule has 1 aliphatic rings. The van der Waals surface area contributed by atoms with Crippen molar-refractivity contribution in [1.82, 2.24) is 15.3 Å². The first-order valence-corrected chi connectivity index (χ1v) is 5.03. The lowest BCUT2D eigenvalue weighted by Gasteiger charge is -2.05. The van der Waals surface area contributed by atoms with Crippen LogP contribution >= 0.6 is 0 Å². The van der Waals surface area contributed by atoms with Crippen LogP contribution in [-0.4, -0.2) is 15.9 Å². The number of rotatable bonds is 1. The second-order valence-corrected chi connectivity index (χ2v) is 3.61. The molecular formula is C12H9N3O. The van der Waals surface area contributed by atoms with Gasteiger partial charge in [-0.1, -0.05) is 6.07 Å². The molecular weight excluding hydrogens is 202 g/mol. The number of hydrogen-bond acceptors (Lipinski definition) is 3. The Kier molecular flexibility index (Phi) is 1.93. The molecule has 0 aliphatic carbocycles. The molecule has 1 aliphatic heterocycles. The molecule has 0 aromatic carbocycles. The highest BCUT2D eigenvalue weighted by Crippen LogP contribution is 2.26. The molecule has 0 bridgehead atoms. The van der Waals surface area contributed by atoms with Crippen LogP contribution in [0.4, 0.5) is 0 Å². The van der Waals surface area contributed by atoms with E-state index in [9.17, 15) is 4.79 Å². The van der Waals surface area contributed by atoms with E-state index in [4.69, 9.17) is 0 Å². The van der Waals surface area contributed by atoms with Gasteiger partial charge in [0.1, 0.15) is 5.69 Å².